The standard InChI is InChI=1S/C18H13ClFN3O/c19-15-7-5-8-16(20)14(15)12-21-22-18(24)13-6-1-2-9-17(13)23-10-3-4-11-23/h1-12H,(H,22,24)/b21-12-. The minimum Gasteiger partial charge on any atom is -0.323 e. The van der Waals surface area contributed by atoms with Crippen molar-refractivity contribution < 1.29 is 9.18 Å². The first-order valence-electron chi connectivity index (χ1n) is 7.16. The summed E-state index contributed by atoms with van der Waals surface area (Å²) >= 11 is 5.91. The number of rotatable bonds is 4. The molecular formula is C18H13ClFN3O. The molecule has 0 aliphatic heterocycles. The van der Waals surface area contributed by atoms with E-state index in [0.717, 1.165) is 5.69 Å². The number of benzene rings is 2. The zero-order chi connectivity index (χ0) is 16.9. The van der Waals surface area contributed by atoms with Gasteiger partial charge in [0.05, 0.1) is 22.5 Å². The summed E-state index contributed by atoms with van der Waals surface area (Å²) < 4.78 is 15.5. The van der Waals surface area contributed by atoms with E-state index in [1.165, 1.54) is 18.3 Å². The van der Waals surface area contributed by atoms with E-state index in [9.17, 15) is 9.18 Å². The number of amides is 1. The lowest BCUT2D eigenvalue weighted by atomic mass is 10.1. The van der Waals surface area contributed by atoms with Crippen LogP contribution < -0.4 is 5.43 Å². The summed E-state index contributed by atoms with van der Waals surface area (Å²) in [4.78, 5) is 12.4. The molecular weight excluding hydrogens is 329 g/mol. The van der Waals surface area contributed by atoms with E-state index >= 15 is 0 Å². The van der Waals surface area contributed by atoms with Crippen LogP contribution in [0, 0.1) is 5.82 Å². The third-order valence-corrected chi connectivity index (χ3v) is 3.72. The molecule has 1 N–H and O–H groups in total. The molecule has 24 heavy (non-hydrogen) atoms. The van der Waals surface area contributed by atoms with Gasteiger partial charge in [-0.2, -0.15) is 5.10 Å². The molecule has 0 spiro atoms. The summed E-state index contributed by atoms with van der Waals surface area (Å²) in [7, 11) is 0. The van der Waals surface area contributed by atoms with Crippen molar-refractivity contribution in [2.45, 2.75) is 0 Å². The summed E-state index contributed by atoms with van der Waals surface area (Å²) in [5, 5.41) is 4.03. The number of hydrogen-bond acceptors (Lipinski definition) is 2. The average molecular weight is 342 g/mol. The first-order chi connectivity index (χ1) is 11.7. The van der Waals surface area contributed by atoms with Gasteiger partial charge >= 0.3 is 0 Å². The van der Waals surface area contributed by atoms with Crippen LogP contribution in [0.4, 0.5) is 4.39 Å². The van der Waals surface area contributed by atoms with Crippen LogP contribution >= 0.6 is 11.6 Å². The van der Waals surface area contributed by atoms with Gasteiger partial charge in [0.2, 0.25) is 0 Å². The summed E-state index contributed by atoms with van der Waals surface area (Å²) in [5.41, 5.74) is 3.69. The largest absolute Gasteiger partial charge is 0.323 e. The Morgan fingerprint density at radius 2 is 1.83 bits per heavy atom. The predicted octanol–water partition coefficient (Wildman–Crippen LogP) is 4.03. The molecule has 4 nitrogen and oxygen atoms in total. The number of nitrogens with one attached hydrogen (secondary N) is 1. The van der Waals surface area contributed by atoms with Crippen molar-refractivity contribution in [3.05, 3.63) is 89.0 Å². The molecule has 1 heterocycles. The van der Waals surface area contributed by atoms with E-state index in [1.807, 2.05) is 41.2 Å². The topological polar surface area (TPSA) is 46.4 Å². The van der Waals surface area contributed by atoms with Crippen molar-refractivity contribution >= 4 is 23.7 Å². The Morgan fingerprint density at radius 1 is 1.08 bits per heavy atom. The van der Waals surface area contributed by atoms with E-state index in [-0.39, 0.29) is 10.6 Å². The molecule has 3 rings (SSSR count). The second-order valence-corrected chi connectivity index (χ2v) is 5.35. The van der Waals surface area contributed by atoms with Crippen LogP contribution in [0.15, 0.2) is 72.1 Å². The number of carbonyl (C=O) groups excluding carboxylic acids is 1. The SMILES string of the molecule is O=C(N/N=C\c1c(F)cccc1Cl)c1ccccc1-n1cccc1. The van der Waals surface area contributed by atoms with E-state index in [4.69, 9.17) is 11.6 Å². The molecule has 0 unspecified atom stereocenters. The summed E-state index contributed by atoms with van der Waals surface area (Å²) in [6.45, 7) is 0. The molecule has 2 aromatic carbocycles. The molecule has 1 aromatic heterocycles. The smallest absolute Gasteiger partial charge is 0.273 e. The Bertz CT molecular complexity index is 871. The molecule has 0 atom stereocenters. The molecule has 0 bridgehead atoms. The molecule has 0 aliphatic rings. The number of hydrazone groups is 1. The predicted molar refractivity (Wildman–Crippen MR) is 92.2 cm³/mol. The number of halogens is 2. The van der Waals surface area contributed by atoms with Gasteiger partial charge in [-0.05, 0) is 36.4 Å². The van der Waals surface area contributed by atoms with Gasteiger partial charge in [-0.3, -0.25) is 4.79 Å². The molecule has 6 heteroatoms. The highest BCUT2D eigenvalue weighted by molar-refractivity contribution is 6.33. The van der Waals surface area contributed by atoms with Crippen LogP contribution in [0.5, 0.6) is 0 Å². The van der Waals surface area contributed by atoms with Crippen molar-refractivity contribution in [2.24, 2.45) is 5.10 Å². The molecule has 0 aliphatic carbocycles. The Kier molecular flexibility index (Phi) is 4.72. The van der Waals surface area contributed by atoms with Crippen LogP contribution in [-0.4, -0.2) is 16.7 Å². The quantitative estimate of drug-likeness (QED) is 0.565. The average Bonchev–Trinajstić information content (AvgIpc) is 3.12. The van der Waals surface area contributed by atoms with Gasteiger partial charge in [0.25, 0.3) is 5.91 Å². The number of carbonyl (C=O) groups is 1. The highest BCUT2D eigenvalue weighted by Gasteiger charge is 2.11. The Balaban J connectivity index is 1.81. The second-order valence-electron chi connectivity index (χ2n) is 4.94. The molecule has 1 amide bonds. The third-order valence-electron chi connectivity index (χ3n) is 3.39. The van der Waals surface area contributed by atoms with Crippen molar-refractivity contribution in [1.29, 1.82) is 0 Å². The molecule has 0 saturated heterocycles. The zero-order valence-electron chi connectivity index (χ0n) is 12.5. The summed E-state index contributed by atoms with van der Waals surface area (Å²) in [6.07, 6.45) is 4.87. The van der Waals surface area contributed by atoms with Gasteiger partial charge < -0.3 is 4.57 Å². The number of nitrogens with zero attached hydrogens (tertiary/aromatic N) is 2. The first-order valence-corrected chi connectivity index (χ1v) is 7.54. The Hall–Kier alpha value is -2.92. The fraction of sp³-hybridized carbons (Fsp3) is 0. The highest BCUT2D eigenvalue weighted by atomic mass is 35.5. The maximum Gasteiger partial charge on any atom is 0.273 e. The Morgan fingerprint density at radius 3 is 2.58 bits per heavy atom. The van der Waals surface area contributed by atoms with Crippen molar-refractivity contribution in [3.63, 3.8) is 0 Å². The molecule has 0 fully saturated rings. The lowest BCUT2D eigenvalue weighted by molar-refractivity contribution is 0.0955. The molecule has 120 valence electrons. The molecule has 0 saturated carbocycles. The monoisotopic (exact) mass is 341 g/mol. The maximum absolute atomic E-state index is 13.7. The fourth-order valence-corrected chi connectivity index (χ4v) is 2.45. The van der Waals surface area contributed by atoms with Gasteiger partial charge in [0.1, 0.15) is 5.82 Å². The number of para-hydroxylation sites is 1. The van der Waals surface area contributed by atoms with Gasteiger partial charge in [-0.1, -0.05) is 29.8 Å². The summed E-state index contributed by atoms with van der Waals surface area (Å²) in [6, 6.07) is 15.2. The van der Waals surface area contributed by atoms with Gasteiger partial charge in [0, 0.05) is 18.0 Å². The van der Waals surface area contributed by atoms with Gasteiger partial charge in [-0.25, -0.2) is 9.82 Å². The lowest BCUT2D eigenvalue weighted by Gasteiger charge is -2.09. The zero-order valence-corrected chi connectivity index (χ0v) is 13.2. The molecule has 0 radical (unpaired) electrons. The van der Waals surface area contributed by atoms with E-state index in [1.54, 1.807) is 18.2 Å². The van der Waals surface area contributed by atoms with Crippen LogP contribution in [0.2, 0.25) is 5.02 Å². The van der Waals surface area contributed by atoms with E-state index in [2.05, 4.69) is 10.5 Å². The van der Waals surface area contributed by atoms with Crippen molar-refractivity contribution in [2.75, 3.05) is 0 Å². The van der Waals surface area contributed by atoms with E-state index in [0.29, 0.717) is 5.56 Å². The number of hydrogen-bond donors (Lipinski definition) is 1. The van der Waals surface area contributed by atoms with Crippen molar-refractivity contribution in [3.8, 4) is 5.69 Å². The lowest BCUT2D eigenvalue weighted by Crippen LogP contribution is -2.19. The maximum atomic E-state index is 13.7. The number of aromatic nitrogens is 1. The van der Waals surface area contributed by atoms with Crippen molar-refractivity contribution in [1.82, 2.24) is 9.99 Å². The third kappa shape index (κ3) is 3.36. The first kappa shape index (κ1) is 16.0. The minimum atomic E-state index is -0.506. The van der Waals surface area contributed by atoms with E-state index < -0.39 is 11.7 Å². The summed E-state index contributed by atoms with van der Waals surface area (Å²) in [5.74, 6) is -0.906. The second kappa shape index (κ2) is 7.10. The minimum absolute atomic E-state index is 0.123. The Labute approximate surface area is 143 Å². The van der Waals surface area contributed by atoms with Crippen LogP contribution in [0.1, 0.15) is 15.9 Å². The fourth-order valence-electron chi connectivity index (χ4n) is 2.24. The van der Waals surface area contributed by atoms with Crippen LogP contribution in [-0.2, 0) is 0 Å². The van der Waals surface area contributed by atoms with Gasteiger partial charge in [0.15, 0.2) is 0 Å². The highest BCUT2D eigenvalue weighted by Crippen LogP contribution is 2.17. The normalized spacial score (nSPS) is 10.9. The van der Waals surface area contributed by atoms with Crippen LogP contribution in [0.25, 0.3) is 5.69 Å². The van der Waals surface area contributed by atoms with Crippen LogP contribution in [0.3, 0.4) is 0 Å². The van der Waals surface area contributed by atoms with Gasteiger partial charge in [-0.15, -0.1) is 0 Å². The molecule has 3 aromatic rings.